The highest BCUT2D eigenvalue weighted by Gasteiger charge is 2.39. The van der Waals surface area contributed by atoms with Crippen molar-refractivity contribution in [1.82, 2.24) is 9.47 Å². The van der Waals surface area contributed by atoms with E-state index in [-0.39, 0.29) is 18.3 Å². The number of carbonyl (C=O) groups excluding carboxylic acids is 1. The van der Waals surface area contributed by atoms with Crippen molar-refractivity contribution in [3.05, 3.63) is 27.7 Å². The number of pyridine rings is 1. The van der Waals surface area contributed by atoms with Crippen LogP contribution in [0.25, 0.3) is 0 Å². The number of aromatic hydroxyl groups is 1. The van der Waals surface area contributed by atoms with Gasteiger partial charge in [-0.15, -0.1) is 0 Å². The van der Waals surface area contributed by atoms with Gasteiger partial charge >= 0.3 is 5.97 Å². The number of fused-ring (bicyclic) bond motifs is 2. The first-order chi connectivity index (χ1) is 10.4. The van der Waals surface area contributed by atoms with Crippen LogP contribution < -0.4 is 5.43 Å². The van der Waals surface area contributed by atoms with Gasteiger partial charge in [-0.05, 0) is 12.8 Å². The third kappa shape index (κ3) is 2.07. The van der Waals surface area contributed by atoms with E-state index in [2.05, 4.69) is 0 Å². The normalized spacial score (nSPS) is 23.9. The van der Waals surface area contributed by atoms with E-state index >= 15 is 0 Å². The zero-order valence-electron chi connectivity index (χ0n) is 12.0. The SMILES string of the molecule is CC[C@H]1CCN2C(=O)c3c(O)c(=O)c(C(=O)O)cn3C[C@H]2O1. The highest BCUT2D eigenvalue weighted by Crippen LogP contribution is 2.28. The molecule has 1 aromatic rings. The molecule has 0 bridgehead atoms. The molecule has 1 aromatic heterocycles. The minimum absolute atomic E-state index is 0.0440. The van der Waals surface area contributed by atoms with Gasteiger partial charge in [-0.3, -0.25) is 9.59 Å². The van der Waals surface area contributed by atoms with Crippen LogP contribution in [0.15, 0.2) is 11.0 Å². The summed E-state index contributed by atoms with van der Waals surface area (Å²) in [5.41, 5.74) is -1.79. The molecule has 2 N–H and O–H groups in total. The molecule has 2 aliphatic heterocycles. The van der Waals surface area contributed by atoms with Crippen LogP contribution in [0.5, 0.6) is 5.75 Å². The van der Waals surface area contributed by atoms with Gasteiger partial charge in [-0.25, -0.2) is 4.79 Å². The van der Waals surface area contributed by atoms with Gasteiger partial charge in [-0.2, -0.15) is 0 Å². The molecule has 1 amide bonds. The molecule has 3 rings (SSSR count). The summed E-state index contributed by atoms with van der Waals surface area (Å²) in [6, 6.07) is 0. The molecule has 8 nitrogen and oxygen atoms in total. The van der Waals surface area contributed by atoms with E-state index < -0.39 is 34.8 Å². The summed E-state index contributed by atoms with van der Waals surface area (Å²) < 4.78 is 7.11. The van der Waals surface area contributed by atoms with Crippen LogP contribution in [0.1, 0.15) is 40.6 Å². The van der Waals surface area contributed by atoms with E-state index in [4.69, 9.17) is 9.84 Å². The van der Waals surface area contributed by atoms with Gasteiger partial charge in [0, 0.05) is 12.7 Å². The van der Waals surface area contributed by atoms with Crippen molar-refractivity contribution in [2.75, 3.05) is 6.54 Å². The monoisotopic (exact) mass is 308 g/mol. The van der Waals surface area contributed by atoms with Crippen LogP contribution in [0.3, 0.4) is 0 Å². The molecule has 0 aliphatic carbocycles. The second-order valence-electron chi connectivity index (χ2n) is 5.43. The number of rotatable bonds is 2. The van der Waals surface area contributed by atoms with Gasteiger partial charge in [0.1, 0.15) is 5.56 Å². The second-order valence-corrected chi connectivity index (χ2v) is 5.43. The molecule has 0 radical (unpaired) electrons. The Morgan fingerprint density at radius 2 is 2.18 bits per heavy atom. The van der Waals surface area contributed by atoms with Crippen molar-refractivity contribution in [1.29, 1.82) is 0 Å². The molecule has 2 aliphatic rings. The van der Waals surface area contributed by atoms with Crippen LogP contribution in [-0.4, -0.2) is 50.4 Å². The number of nitrogens with zero attached hydrogens (tertiary/aromatic N) is 2. The summed E-state index contributed by atoms with van der Waals surface area (Å²) in [5.74, 6) is -2.78. The fourth-order valence-electron chi connectivity index (χ4n) is 2.94. The molecular formula is C14H16N2O6. The Hall–Kier alpha value is -2.35. The molecule has 118 valence electrons. The van der Waals surface area contributed by atoms with Crippen molar-refractivity contribution >= 4 is 11.9 Å². The smallest absolute Gasteiger partial charge is 0.341 e. The van der Waals surface area contributed by atoms with Gasteiger partial charge < -0.3 is 24.4 Å². The van der Waals surface area contributed by atoms with Crippen LogP contribution in [0.2, 0.25) is 0 Å². The molecule has 0 spiro atoms. The van der Waals surface area contributed by atoms with E-state index in [0.717, 1.165) is 12.6 Å². The topological polar surface area (TPSA) is 109 Å². The minimum Gasteiger partial charge on any atom is -0.503 e. The quantitative estimate of drug-likeness (QED) is 0.809. The Labute approximate surface area is 125 Å². The average Bonchev–Trinajstić information content (AvgIpc) is 2.49. The summed E-state index contributed by atoms with van der Waals surface area (Å²) >= 11 is 0. The molecule has 1 fully saturated rings. The van der Waals surface area contributed by atoms with E-state index in [9.17, 15) is 19.5 Å². The summed E-state index contributed by atoms with van der Waals surface area (Å²) in [5, 5.41) is 19.0. The summed E-state index contributed by atoms with van der Waals surface area (Å²) in [6.07, 6.45) is 2.14. The summed E-state index contributed by atoms with van der Waals surface area (Å²) in [4.78, 5) is 36.9. The lowest BCUT2D eigenvalue weighted by Gasteiger charge is -2.43. The number of carboxylic acids is 1. The Bertz CT molecular complexity index is 710. The molecule has 0 saturated carbocycles. The first-order valence-corrected chi connectivity index (χ1v) is 7.10. The molecule has 0 unspecified atom stereocenters. The van der Waals surface area contributed by atoms with Crippen molar-refractivity contribution in [2.45, 2.75) is 38.6 Å². The second kappa shape index (κ2) is 5.13. The molecule has 1 saturated heterocycles. The number of carboxylic acid groups (broad SMARTS) is 1. The lowest BCUT2D eigenvalue weighted by molar-refractivity contribution is -0.134. The largest absolute Gasteiger partial charge is 0.503 e. The third-order valence-corrected chi connectivity index (χ3v) is 4.15. The van der Waals surface area contributed by atoms with E-state index in [1.807, 2.05) is 6.92 Å². The van der Waals surface area contributed by atoms with Gasteiger partial charge in [-0.1, -0.05) is 6.92 Å². The maximum absolute atomic E-state index is 12.5. The number of aromatic carboxylic acids is 1. The summed E-state index contributed by atoms with van der Waals surface area (Å²) in [7, 11) is 0. The lowest BCUT2D eigenvalue weighted by atomic mass is 10.1. The third-order valence-electron chi connectivity index (χ3n) is 4.15. The van der Waals surface area contributed by atoms with Crippen LogP contribution in [0.4, 0.5) is 0 Å². The van der Waals surface area contributed by atoms with Crippen LogP contribution >= 0.6 is 0 Å². The van der Waals surface area contributed by atoms with Crippen LogP contribution in [-0.2, 0) is 11.3 Å². The number of ether oxygens (including phenoxy) is 1. The van der Waals surface area contributed by atoms with Crippen molar-refractivity contribution in [3.63, 3.8) is 0 Å². The van der Waals surface area contributed by atoms with E-state index in [1.165, 1.54) is 9.47 Å². The summed E-state index contributed by atoms with van der Waals surface area (Å²) in [6.45, 7) is 2.66. The zero-order valence-corrected chi connectivity index (χ0v) is 12.0. The maximum Gasteiger partial charge on any atom is 0.341 e. The number of hydrogen-bond acceptors (Lipinski definition) is 5. The maximum atomic E-state index is 12.5. The molecular weight excluding hydrogens is 292 g/mol. The Balaban J connectivity index is 2.08. The Kier molecular flexibility index (Phi) is 3.40. The average molecular weight is 308 g/mol. The van der Waals surface area contributed by atoms with Gasteiger partial charge in [0.15, 0.2) is 17.7 Å². The van der Waals surface area contributed by atoms with Gasteiger partial charge in [0.25, 0.3) is 5.91 Å². The minimum atomic E-state index is -1.44. The Morgan fingerprint density at radius 3 is 2.82 bits per heavy atom. The predicted octanol–water partition coefficient (Wildman–Crippen LogP) is 0.233. The Morgan fingerprint density at radius 1 is 1.45 bits per heavy atom. The van der Waals surface area contributed by atoms with Crippen molar-refractivity contribution in [3.8, 4) is 5.75 Å². The van der Waals surface area contributed by atoms with Gasteiger partial charge in [0.05, 0.1) is 12.6 Å². The zero-order chi connectivity index (χ0) is 16.0. The predicted molar refractivity (Wildman–Crippen MR) is 73.9 cm³/mol. The lowest BCUT2D eigenvalue weighted by Crippen LogP contribution is -2.55. The number of aromatic nitrogens is 1. The van der Waals surface area contributed by atoms with Crippen molar-refractivity contribution < 1.29 is 24.5 Å². The highest BCUT2D eigenvalue weighted by atomic mass is 16.5. The van der Waals surface area contributed by atoms with E-state index in [1.54, 1.807) is 0 Å². The molecule has 22 heavy (non-hydrogen) atoms. The van der Waals surface area contributed by atoms with Crippen molar-refractivity contribution in [2.24, 2.45) is 0 Å². The first kappa shape index (κ1) is 14.6. The number of amides is 1. The standard InChI is InChI=1S/C14H16N2O6/c1-2-7-3-4-16-9(22-7)6-15-5-8(14(20)21)11(17)12(18)10(15)13(16)19/h5,7,9,18H,2-4,6H2,1H3,(H,20,21)/t7-,9+/m0/s1. The fourth-order valence-corrected chi connectivity index (χ4v) is 2.94. The molecule has 0 aromatic carbocycles. The van der Waals surface area contributed by atoms with E-state index in [0.29, 0.717) is 13.0 Å². The first-order valence-electron chi connectivity index (χ1n) is 7.10. The molecule has 8 heteroatoms. The molecule has 2 atom stereocenters. The number of carbonyl (C=O) groups is 2. The molecule has 3 heterocycles. The fraction of sp³-hybridized carbons (Fsp3) is 0.500. The highest BCUT2D eigenvalue weighted by molar-refractivity contribution is 5.97. The van der Waals surface area contributed by atoms with Crippen LogP contribution in [0, 0.1) is 0 Å². The van der Waals surface area contributed by atoms with Gasteiger partial charge in [0.2, 0.25) is 5.43 Å². The number of hydrogen-bond donors (Lipinski definition) is 2.